The normalized spacial score (nSPS) is 21.7. The average molecular weight is 388 g/mol. The Balaban J connectivity index is 1.64. The summed E-state index contributed by atoms with van der Waals surface area (Å²) in [6, 6.07) is 3.60. The molecule has 0 bridgehead atoms. The van der Waals surface area contributed by atoms with E-state index in [2.05, 4.69) is 0 Å². The van der Waals surface area contributed by atoms with Crippen molar-refractivity contribution in [3.8, 4) is 5.75 Å². The molecule has 2 aliphatic rings. The predicted octanol–water partition coefficient (Wildman–Crippen LogP) is 1.38. The molecule has 7 nitrogen and oxygen atoms in total. The number of sulfone groups is 1. The molecule has 1 saturated heterocycles. The van der Waals surface area contributed by atoms with Gasteiger partial charge in [-0.1, -0.05) is 11.6 Å². The maximum Gasteiger partial charge on any atom is 0.342 e. The number of carbonyl (C=O) groups is 2. The summed E-state index contributed by atoms with van der Waals surface area (Å²) in [7, 11) is -3.11. The van der Waals surface area contributed by atoms with Gasteiger partial charge >= 0.3 is 5.97 Å². The molecule has 136 valence electrons. The molecule has 0 spiro atoms. The van der Waals surface area contributed by atoms with Crippen molar-refractivity contribution < 1.29 is 27.9 Å². The van der Waals surface area contributed by atoms with Gasteiger partial charge in [0.2, 0.25) is 0 Å². The number of esters is 1. The summed E-state index contributed by atoms with van der Waals surface area (Å²) < 4.78 is 28.3. The van der Waals surface area contributed by atoms with Gasteiger partial charge in [0.25, 0.3) is 5.91 Å². The van der Waals surface area contributed by atoms with E-state index in [1.807, 2.05) is 0 Å². The van der Waals surface area contributed by atoms with E-state index in [9.17, 15) is 23.1 Å². The second-order valence-electron chi connectivity index (χ2n) is 6.33. The van der Waals surface area contributed by atoms with E-state index in [-0.39, 0.29) is 39.9 Å². The summed E-state index contributed by atoms with van der Waals surface area (Å²) in [5.41, 5.74) is -0.123. The number of rotatable bonds is 5. The third-order valence-corrected chi connectivity index (χ3v) is 6.32. The number of phenols is 1. The zero-order valence-corrected chi connectivity index (χ0v) is 14.9. The quantitative estimate of drug-likeness (QED) is 0.766. The van der Waals surface area contributed by atoms with Crippen molar-refractivity contribution in [2.24, 2.45) is 0 Å². The third-order valence-electron chi connectivity index (χ3n) is 4.34. The first-order valence-corrected chi connectivity index (χ1v) is 10.1. The maximum atomic E-state index is 12.5. The Kier molecular flexibility index (Phi) is 4.92. The standard InChI is InChI=1S/C16H18ClNO6S/c17-10-1-4-14(19)13(7-10)16(21)24-8-15(20)18(11-2-3-11)12-5-6-25(22,23)9-12/h1,4,7,11-12,19H,2-3,5-6,8-9H2/t12-/m0/s1. The number of hydrogen-bond acceptors (Lipinski definition) is 6. The molecule has 1 N–H and O–H groups in total. The van der Waals surface area contributed by atoms with E-state index in [0.29, 0.717) is 6.42 Å². The fourth-order valence-corrected chi connectivity index (χ4v) is 4.89. The molecule has 1 atom stereocenters. The molecule has 25 heavy (non-hydrogen) atoms. The smallest absolute Gasteiger partial charge is 0.342 e. The monoisotopic (exact) mass is 387 g/mol. The molecule has 3 rings (SSSR count). The summed E-state index contributed by atoms with van der Waals surface area (Å²) in [6.45, 7) is -0.502. The van der Waals surface area contributed by atoms with Crippen LogP contribution in [-0.4, -0.2) is 60.5 Å². The second-order valence-corrected chi connectivity index (χ2v) is 8.99. The molecule has 2 fully saturated rings. The van der Waals surface area contributed by atoms with Crippen molar-refractivity contribution in [3.05, 3.63) is 28.8 Å². The lowest BCUT2D eigenvalue weighted by atomic mass is 10.2. The number of ether oxygens (including phenoxy) is 1. The zero-order chi connectivity index (χ0) is 18.2. The van der Waals surface area contributed by atoms with Crippen LogP contribution >= 0.6 is 11.6 Å². The highest BCUT2D eigenvalue weighted by Gasteiger charge is 2.42. The van der Waals surface area contributed by atoms with Crippen molar-refractivity contribution in [1.82, 2.24) is 4.90 Å². The third kappa shape index (κ3) is 4.24. The first kappa shape index (κ1) is 18.0. The number of halogens is 1. The van der Waals surface area contributed by atoms with Crippen molar-refractivity contribution in [3.63, 3.8) is 0 Å². The molecule has 0 unspecified atom stereocenters. The van der Waals surface area contributed by atoms with Gasteiger partial charge in [-0.15, -0.1) is 0 Å². The van der Waals surface area contributed by atoms with Crippen LogP contribution in [-0.2, 0) is 19.4 Å². The van der Waals surface area contributed by atoms with Gasteiger partial charge in [0.1, 0.15) is 11.3 Å². The highest BCUT2D eigenvalue weighted by molar-refractivity contribution is 7.91. The molecule has 1 aliphatic carbocycles. The van der Waals surface area contributed by atoms with E-state index in [1.165, 1.54) is 18.2 Å². The number of phenolic OH excluding ortho intramolecular Hbond substituents is 1. The van der Waals surface area contributed by atoms with Gasteiger partial charge in [-0.3, -0.25) is 4.79 Å². The molecule has 1 saturated carbocycles. The molecule has 1 aliphatic heterocycles. The number of carbonyl (C=O) groups excluding carboxylic acids is 2. The Hall–Kier alpha value is -1.80. The van der Waals surface area contributed by atoms with E-state index < -0.39 is 28.3 Å². The Bertz CT molecular complexity index is 805. The molecular formula is C16H18ClNO6S. The van der Waals surface area contributed by atoms with Gasteiger partial charge < -0.3 is 14.7 Å². The van der Waals surface area contributed by atoms with E-state index in [0.717, 1.165) is 12.8 Å². The number of aromatic hydroxyl groups is 1. The minimum absolute atomic E-state index is 0.0177. The van der Waals surface area contributed by atoms with Crippen molar-refractivity contribution in [2.45, 2.75) is 31.3 Å². The average Bonchev–Trinajstić information content (AvgIpc) is 3.31. The first-order chi connectivity index (χ1) is 11.8. The van der Waals surface area contributed by atoms with Crippen molar-refractivity contribution in [2.75, 3.05) is 18.1 Å². The number of nitrogens with zero attached hydrogens (tertiary/aromatic N) is 1. The minimum atomic E-state index is -3.11. The lowest BCUT2D eigenvalue weighted by Gasteiger charge is -2.28. The van der Waals surface area contributed by atoms with E-state index in [4.69, 9.17) is 16.3 Å². The SMILES string of the molecule is O=C(OCC(=O)N(C1CC1)[C@H]1CCS(=O)(=O)C1)c1cc(Cl)ccc1O. The fraction of sp³-hybridized carbons (Fsp3) is 0.500. The maximum absolute atomic E-state index is 12.5. The largest absolute Gasteiger partial charge is 0.507 e. The van der Waals surface area contributed by atoms with Crippen LogP contribution in [0.25, 0.3) is 0 Å². The van der Waals surface area contributed by atoms with Gasteiger partial charge in [-0.25, -0.2) is 13.2 Å². The van der Waals surface area contributed by atoms with Gasteiger partial charge in [-0.05, 0) is 37.5 Å². The highest BCUT2D eigenvalue weighted by atomic mass is 35.5. The predicted molar refractivity (Wildman–Crippen MR) is 90.3 cm³/mol. The number of hydrogen-bond donors (Lipinski definition) is 1. The van der Waals surface area contributed by atoms with Crippen LogP contribution in [0, 0.1) is 0 Å². The molecule has 0 radical (unpaired) electrons. The zero-order valence-electron chi connectivity index (χ0n) is 13.4. The summed E-state index contributed by atoms with van der Waals surface area (Å²) >= 11 is 5.79. The van der Waals surface area contributed by atoms with Gasteiger partial charge in [0, 0.05) is 17.1 Å². The highest BCUT2D eigenvalue weighted by Crippen LogP contribution is 2.32. The van der Waals surface area contributed by atoms with Gasteiger partial charge in [0.15, 0.2) is 16.4 Å². The van der Waals surface area contributed by atoms with E-state index >= 15 is 0 Å². The molecule has 9 heteroatoms. The summed E-state index contributed by atoms with van der Waals surface area (Å²) in [4.78, 5) is 26.1. The van der Waals surface area contributed by atoms with Crippen LogP contribution < -0.4 is 0 Å². The first-order valence-electron chi connectivity index (χ1n) is 7.94. The molecule has 0 aromatic heterocycles. The van der Waals surface area contributed by atoms with Gasteiger partial charge in [0.05, 0.1) is 11.5 Å². The summed E-state index contributed by atoms with van der Waals surface area (Å²) in [5, 5.41) is 9.94. The Labute approximate surface area is 150 Å². The van der Waals surface area contributed by atoms with Crippen LogP contribution in [0.5, 0.6) is 5.75 Å². The molecule has 1 amide bonds. The van der Waals surface area contributed by atoms with Crippen molar-refractivity contribution in [1.29, 1.82) is 0 Å². The van der Waals surface area contributed by atoms with E-state index in [1.54, 1.807) is 4.90 Å². The Morgan fingerprint density at radius 2 is 1.96 bits per heavy atom. The van der Waals surface area contributed by atoms with Crippen LogP contribution in [0.2, 0.25) is 5.02 Å². The van der Waals surface area contributed by atoms with Crippen LogP contribution in [0.4, 0.5) is 0 Å². The van der Waals surface area contributed by atoms with Crippen LogP contribution in [0.1, 0.15) is 29.6 Å². The summed E-state index contributed by atoms with van der Waals surface area (Å²) in [5.74, 6) is -1.53. The van der Waals surface area contributed by atoms with Crippen LogP contribution in [0.3, 0.4) is 0 Å². The topological polar surface area (TPSA) is 101 Å². The summed E-state index contributed by atoms with van der Waals surface area (Å²) in [6.07, 6.45) is 2.06. The molecule has 1 aromatic rings. The van der Waals surface area contributed by atoms with Crippen molar-refractivity contribution >= 4 is 33.3 Å². The lowest BCUT2D eigenvalue weighted by Crippen LogP contribution is -2.44. The second kappa shape index (κ2) is 6.84. The Morgan fingerprint density at radius 1 is 1.24 bits per heavy atom. The lowest BCUT2D eigenvalue weighted by molar-refractivity contribution is -0.137. The van der Waals surface area contributed by atoms with Gasteiger partial charge in [-0.2, -0.15) is 0 Å². The molecule has 1 aromatic carbocycles. The van der Waals surface area contributed by atoms with Crippen LogP contribution in [0.15, 0.2) is 18.2 Å². The fourth-order valence-electron chi connectivity index (χ4n) is 3.00. The Morgan fingerprint density at radius 3 is 2.56 bits per heavy atom. The number of benzene rings is 1. The molecular weight excluding hydrogens is 370 g/mol. The minimum Gasteiger partial charge on any atom is -0.507 e. The number of amides is 1. The molecule has 1 heterocycles.